The van der Waals surface area contributed by atoms with Crippen LogP contribution in [0.1, 0.15) is 31.7 Å². The van der Waals surface area contributed by atoms with Gasteiger partial charge >= 0.3 is 0 Å². The largest absolute Gasteiger partial charge is 0.340 e. The van der Waals surface area contributed by atoms with Gasteiger partial charge in [-0.05, 0) is 32.6 Å². The Hall–Kier alpha value is -1.43. The molecule has 19 heavy (non-hydrogen) atoms. The first-order chi connectivity index (χ1) is 9.02. The SMILES string of the molecule is CC1C(=O)NC(C)(C2CC2)C(=O)N1Cc1nccs1. The van der Waals surface area contributed by atoms with Gasteiger partial charge in [-0.15, -0.1) is 11.3 Å². The molecule has 2 amide bonds. The Bertz CT molecular complexity index is 512. The molecule has 2 atom stereocenters. The van der Waals surface area contributed by atoms with Gasteiger partial charge < -0.3 is 10.2 Å². The smallest absolute Gasteiger partial charge is 0.249 e. The fourth-order valence-corrected chi connectivity index (χ4v) is 3.27. The van der Waals surface area contributed by atoms with E-state index in [1.807, 2.05) is 12.3 Å². The molecule has 2 heterocycles. The Morgan fingerprint density at radius 3 is 2.84 bits per heavy atom. The lowest BCUT2D eigenvalue weighted by Crippen LogP contribution is -2.69. The van der Waals surface area contributed by atoms with E-state index in [-0.39, 0.29) is 17.7 Å². The number of aromatic nitrogens is 1. The quantitative estimate of drug-likeness (QED) is 0.903. The van der Waals surface area contributed by atoms with Gasteiger partial charge in [-0.25, -0.2) is 4.98 Å². The molecule has 1 aromatic heterocycles. The van der Waals surface area contributed by atoms with Crippen LogP contribution in [-0.2, 0) is 16.1 Å². The zero-order chi connectivity index (χ0) is 13.6. The summed E-state index contributed by atoms with van der Waals surface area (Å²) in [4.78, 5) is 30.7. The third kappa shape index (κ3) is 2.04. The highest BCUT2D eigenvalue weighted by atomic mass is 32.1. The maximum atomic E-state index is 12.7. The second-order valence-electron chi connectivity index (χ2n) is 5.50. The maximum absolute atomic E-state index is 12.7. The Morgan fingerprint density at radius 1 is 1.53 bits per heavy atom. The average Bonchev–Trinajstić information content (AvgIpc) is 3.12. The molecule has 0 bridgehead atoms. The molecule has 1 N–H and O–H groups in total. The molecule has 2 unspecified atom stereocenters. The highest BCUT2D eigenvalue weighted by Crippen LogP contribution is 2.42. The van der Waals surface area contributed by atoms with Crippen LogP contribution in [0.5, 0.6) is 0 Å². The first-order valence-corrected chi connectivity index (χ1v) is 7.42. The molecule has 6 heteroatoms. The van der Waals surface area contributed by atoms with E-state index in [4.69, 9.17) is 0 Å². The van der Waals surface area contributed by atoms with Crippen LogP contribution in [0.15, 0.2) is 11.6 Å². The molecule has 2 fully saturated rings. The Balaban J connectivity index is 1.87. The van der Waals surface area contributed by atoms with Crippen LogP contribution in [0, 0.1) is 5.92 Å². The third-order valence-corrected chi connectivity index (χ3v) is 4.88. The van der Waals surface area contributed by atoms with E-state index >= 15 is 0 Å². The summed E-state index contributed by atoms with van der Waals surface area (Å²) in [5.41, 5.74) is -0.721. The summed E-state index contributed by atoms with van der Waals surface area (Å²) in [6.07, 6.45) is 3.75. The molecular formula is C13H17N3O2S. The van der Waals surface area contributed by atoms with Gasteiger partial charge in [-0.2, -0.15) is 0 Å². The topological polar surface area (TPSA) is 62.3 Å². The molecule has 2 aliphatic rings. The van der Waals surface area contributed by atoms with Gasteiger partial charge in [-0.3, -0.25) is 9.59 Å². The van der Waals surface area contributed by atoms with Crippen molar-refractivity contribution < 1.29 is 9.59 Å². The lowest BCUT2D eigenvalue weighted by atomic mass is 9.90. The fraction of sp³-hybridized carbons (Fsp3) is 0.615. The number of carbonyl (C=O) groups excluding carboxylic acids is 2. The zero-order valence-electron chi connectivity index (χ0n) is 11.0. The summed E-state index contributed by atoms with van der Waals surface area (Å²) in [6, 6.07) is -0.428. The Kier molecular flexibility index (Phi) is 2.85. The van der Waals surface area contributed by atoms with Crippen molar-refractivity contribution in [3.8, 4) is 0 Å². The Labute approximate surface area is 116 Å². The second-order valence-corrected chi connectivity index (χ2v) is 6.48. The molecule has 1 aliphatic heterocycles. The number of hydrogen-bond donors (Lipinski definition) is 1. The predicted octanol–water partition coefficient (Wildman–Crippen LogP) is 1.16. The van der Waals surface area contributed by atoms with Gasteiger partial charge in [0.1, 0.15) is 16.6 Å². The summed E-state index contributed by atoms with van der Waals surface area (Å²) in [5, 5.41) is 5.67. The first-order valence-electron chi connectivity index (χ1n) is 6.54. The van der Waals surface area contributed by atoms with Gasteiger partial charge in [0.25, 0.3) is 0 Å². The highest BCUT2D eigenvalue weighted by Gasteiger charge is 2.54. The van der Waals surface area contributed by atoms with E-state index in [1.54, 1.807) is 18.0 Å². The fourth-order valence-electron chi connectivity index (χ4n) is 2.65. The molecule has 5 nitrogen and oxygen atoms in total. The van der Waals surface area contributed by atoms with Crippen LogP contribution >= 0.6 is 11.3 Å². The predicted molar refractivity (Wildman–Crippen MR) is 71.4 cm³/mol. The second kappa shape index (κ2) is 4.30. The highest BCUT2D eigenvalue weighted by molar-refractivity contribution is 7.09. The minimum atomic E-state index is -0.721. The van der Waals surface area contributed by atoms with Crippen molar-refractivity contribution in [1.82, 2.24) is 15.2 Å². The van der Waals surface area contributed by atoms with Crippen LogP contribution in [0.25, 0.3) is 0 Å². The number of piperazine rings is 1. The van der Waals surface area contributed by atoms with Crippen molar-refractivity contribution >= 4 is 23.2 Å². The number of hydrogen-bond acceptors (Lipinski definition) is 4. The van der Waals surface area contributed by atoms with Crippen molar-refractivity contribution in [1.29, 1.82) is 0 Å². The number of amides is 2. The number of rotatable bonds is 3. The van der Waals surface area contributed by atoms with Gasteiger partial charge in [-0.1, -0.05) is 0 Å². The van der Waals surface area contributed by atoms with Crippen molar-refractivity contribution in [2.75, 3.05) is 0 Å². The lowest BCUT2D eigenvalue weighted by molar-refractivity contribution is -0.155. The summed E-state index contributed by atoms with van der Waals surface area (Å²) in [6.45, 7) is 4.05. The zero-order valence-corrected chi connectivity index (χ0v) is 11.9. The summed E-state index contributed by atoms with van der Waals surface area (Å²) >= 11 is 1.51. The van der Waals surface area contributed by atoms with E-state index in [9.17, 15) is 9.59 Å². The maximum Gasteiger partial charge on any atom is 0.249 e. The summed E-state index contributed by atoms with van der Waals surface area (Å²) in [7, 11) is 0. The van der Waals surface area contributed by atoms with Crippen molar-refractivity contribution in [2.24, 2.45) is 5.92 Å². The molecule has 0 spiro atoms. The molecule has 0 aromatic carbocycles. The molecule has 1 aliphatic carbocycles. The molecule has 102 valence electrons. The number of nitrogens with zero attached hydrogens (tertiary/aromatic N) is 2. The standard InChI is InChI=1S/C13H17N3O2S/c1-8-11(17)15-13(2,9-3-4-9)12(18)16(8)7-10-14-5-6-19-10/h5-6,8-9H,3-4,7H2,1-2H3,(H,15,17). The van der Waals surface area contributed by atoms with Crippen LogP contribution in [0.3, 0.4) is 0 Å². The summed E-state index contributed by atoms with van der Waals surface area (Å²) < 4.78 is 0. The van der Waals surface area contributed by atoms with Crippen LogP contribution < -0.4 is 5.32 Å². The number of nitrogens with one attached hydrogen (secondary N) is 1. The van der Waals surface area contributed by atoms with Crippen LogP contribution in [-0.4, -0.2) is 33.3 Å². The van der Waals surface area contributed by atoms with Gasteiger partial charge in [0.15, 0.2) is 0 Å². The van der Waals surface area contributed by atoms with E-state index < -0.39 is 11.6 Å². The van der Waals surface area contributed by atoms with E-state index in [0.717, 1.165) is 17.8 Å². The first kappa shape index (κ1) is 12.6. The molecule has 1 aromatic rings. The normalized spacial score (nSPS) is 31.5. The van der Waals surface area contributed by atoms with Crippen molar-refractivity contribution in [3.05, 3.63) is 16.6 Å². The van der Waals surface area contributed by atoms with Gasteiger partial charge in [0, 0.05) is 11.6 Å². The molecular weight excluding hydrogens is 262 g/mol. The minimum absolute atomic E-state index is 0.0253. The summed E-state index contributed by atoms with van der Waals surface area (Å²) in [5.74, 6) is 0.248. The van der Waals surface area contributed by atoms with Gasteiger partial charge in [0.05, 0.1) is 6.54 Å². The number of carbonyl (C=O) groups is 2. The van der Waals surface area contributed by atoms with Crippen LogP contribution in [0.4, 0.5) is 0 Å². The third-order valence-electron chi connectivity index (χ3n) is 4.12. The number of thiazole rings is 1. The molecule has 1 saturated carbocycles. The molecule has 1 saturated heterocycles. The average molecular weight is 279 g/mol. The van der Waals surface area contributed by atoms with Crippen LogP contribution in [0.2, 0.25) is 0 Å². The van der Waals surface area contributed by atoms with E-state index in [1.165, 1.54) is 11.3 Å². The molecule has 3 rings (SSSR count). The molecule has 0 radical (unpaired) electrons. The van der Waals surface area contributed by atoms with E-state index in [0.29, 0.717) is 6.54 Å². The minimum Gasteiger partial charge on any atom is -0.340 e. The van der Waals surface area contributed by atoms with Crippen molar-refractivity contribution in [3.63, 3.8) is 0 Å². The van der Waals surface area contributed by atoms with Crippen molar-refractivity contribution in [2.45, 2.75) is 44.8 Å². The van der Waals surface area contributed by atoms with E-state index in [2.05, 4.69) is 10.3 Å². The lowest BCUT2D eigenvalue weighted by Gasteiger charge is -2.43. The Morgan fingerprint density at radius 2 is 2.26 bits per heavy atom. The monoisotopic (exact) mass is 279 g/mol. The van der Waals surface area contributed by atoms with Gasteiger partial charge in [0.2, 0.25) is 11.8 Å².